The molecule has 25 heavy (non-hydrogen) atoms. The first kappa shape index (κ1) is 17.6. The van der Waals surface area contributed by atoms with Crippen molar-refractivity contribution >= 4 is 5.91 Å². The van der Waals surface area contributed by atoms with E-state index in [2.05, 4.69) is 14.9 Å². The fraction of sp³-hybridized carbons (Fsp3) is 0.500. The van der Waals surface area contributed by atoms with Crippen molar-refractivity contribution in [3.63, 3.8) is 0 Å². The van der Waals surface area contributed by atoms with Crippen molar-refractivity contribution in [2.24, 2.45) is 0 Å². The average molecular weight is 344 g/mol. The highest BCUT2D eigenvalue weighted by molar-refractivity contribution is 5.93. The third-order valence-corrected chi connectivity index (χ3v) is 4.59. The summed E-state index contributed by atoms with van der Waals surface area (Å²) in [6, 6.07) is 2.06. The van der Waals surface area contributed by atoms with Gasteiger partial charge in [-0.15, -0.1) is 0 Å². The molecule has 2 aromatic rings. The molecule has 134 valence electrons. The minimum absolute atomic E-state index is 0.0476. The van der Waals surface area contributed by atoms with Crippen LogP contribution in [0.25, 0.3) is 0 Å². The summed E-state index contributed by atoms with van der Waals surface area (Å²) >= 11 is 0. The van der Waals surface area contributed by atoms with E-state index >= 15 is 0 Å². The second-order valence-electron chi connectivity index (χ2n) is 6.26. The fourth-order valence-electron chi connectivity index (χ4n) is 3.16. The number of hydrogen-bond acceptors (Lipinski definition) is 6. The Balaban J connectivity index is 1.66. The molecule has 1 N–H and O–H groups in total. The van der Waals surface area contributed by atoms with Gasteiger partial charge in [0.1, 0.15) is 5.82 Å². The van der Waals surface area contributed by atoms with Crippen LogP contribution in [0.3, 0.4) is 0 Å². The Kier molecular flexibility index (Phi) is 5.78. The van der Waals surface area contributed by atoms with Crippen molar-refractivity contribution in [3.05, 3.63) is 47.9 Å². The van der Waals surface area contributed by atoms with Crippen LogP contribution in [-0.4, -0.2) is 63.1 Å². The molecule has 2 aromatic heterocycles. The number of carbonyl (C=O) groups is 1. The monoisotopic (exact) mass is 344 g/mol. The van der Waals surface area contributed by atoms with Gasteiger partial charge < -0.3 is 14.4 Å². The van der Waals surface area contributed by atoms with Crippen LogP contribution in [0.1, 0.15) is 35.1 Å². The Hall–Kier alpha value is -2.25. The molecule has 1 aliphatic rings. The van der Waals surface area contributed by atoms with Crippen LogP contribution in [0.4, 0.5) is 0 Å². The summed E-state index contributed by atoms with van der Waals surface area (Å²) in [5.74, 6) is 0.688. The van der Waals surface area contributed by atoms with Crippen molar-refractivity contribution in [1.29, 1.82) is 0 Å². The third-order valence-electron chi connectivity index (χ3n) is 4.59. The van der Waals surface area contributed by atoms with Crippen molar-refractivity contribution in [1.82, 2.24) is 19.8 Å². The van der Waals surface area contributed by atoms with E-state index < -0.39 is 0 Å². The molecule has 0 spiro atoms. The molecular weight excluding hydrogens is 320 g/mol. The highest BCUT2D eigenvalue weighted by Gasteiger charge is 2.30. The van der Waals surface area contributed by atoms with E-state index in [0.29, 0.717) is 25.1 Å². The number of hydrogen-bond donors (Lipinski definition) is 1. The van der Waals surface area contributed by atoms with Gasteiger partial charge in [0.2, 0.25) is 0 Å². The molecule has 1 saturated heterocycles. The number of aromatic nitrogens is 2. The number of amides is 1. The summed E-state index contributed by atoms with van der Waals surface area (Å²) in [7, 11) is 0. The van der Waals surface area contributed by atoms with Crippen LogP contribution in [0.15, 0.2) is 35.4 Å². The number of aryl methyl sites for hydroxylation is 1. The van der Waals surface area contributed by atoms with Gasteiger partial charge in [-0.1, -0.05) is 6.92 Å². The molecule has 3 heterocycles. The zero-order chi connectivity index (χ0) is 17.6. The maximum absolute atomic E-state index is 12.7. The van der Waals surface area contributed by atoms with Crippen LogP contribution in [0.2, 0.25) is 0 Å². The minimum Gasteiger partial charge on any atom is -0.472 e. The summed E-state index contributed by atoms with van der Waals surface area (Å²) in [6.45, 7) is 4.84. The van der Waals surface area contributed by atoms with E-state index in [1.807, 2.05) is 17.9 Å². The lowest BCUT2D eigenvalue weighted by atomic mass is 10.1. The summed E-state index contributed by atoms with van der Waals surface area (Å²) in [5, 5.41) is 9.39. The molecule has 0 radical (unpaired) electrons. The Bertz CT molecular complexity index is 672. The number of nitrogens with zero attached hydrogens (tertiary/aromatic N) is 4. The summed E-state index contributed by atoms with van der Waals surface area (Å²) in [6.07, 6.45) is 7.99. The SMILES string of the molecule is CCc1ncc(C(=O)N2CCN(Cc3ccoc3)C(CCO)C2)cn1. The lowest BCUT2D eigenvalue weighted by Gasteiger charge is -2.41. The van der Waals surface area contributed by atoms with E-state index in [9.17, 15) is 9.90 Å². The molecule has 3 rings (SSSR count). The Morgan fingerprint density at radius 3 is 2.80 bits per heavy atom. The second kappa shape index (κ2) is 8.22. The average Bonchev–Trinajstić information content (AvgIpc) is 3.16. The highest BCUT2D eigenvalue weighted by atomic mass is 16.3. The number of carbonyl (C=O) groups excluding carboxylic acids is 1. The number of piperazine rings is 1. The fourth-order valence-corrected chi connectivity index (χ4v) is 3.16. The van der Waals surface area contributed by atoms with E-state index in [1.54, 1.807) is 24.9 Å². The molecule has 1 aliphatic heterocycles. The zero-order valence-electron chi connectivity index (χ0n) is 14.5. The maximum atomic E-state index is 12.7. The molecule has 1 unspecified atom stereocenters. The Morgan fingerprint density at radius 1 is 1.36 bits per heavy atom. The lowest BCUT2D eigenvalue weighted by Crippen LogP contribution is -2.54. The van der Waals surface area contributed by atoms with E-state index in [1.165, 1.54) is 0 Å². The molecule has 1 fully saturated rings. The van der Waals surface area contributed by atoms with Gasteiger partial charge >= 0.3 is 0 Å². The highest BCUT2D eigenvalue weighted by Crippen LogP contribution is 2.18. The lowest BCUT2D eigenvalue weighted by molar-refractivity contribution is 0.0394. The van der Waals surface area contributed by atoms with Crippen molar-refractivity contribution < 1.29 is 14.3 Å². The summed E-state index contributed by atoms with van der Waals surface area (Å²) in [5.41, 5.74) is 1.62. The van der Waals surface area contributed by atoms with Crippen LogP contribution in [0.5, 0.6) is 0 Å². The first-order valence-electron chi connectivity index (χ1n) is 8.67. The van der Waals surface area contributed by atoms with Crippen LogP contribution in [0, 0.1) is 0 Å². The van der Waals surface area contributed by atoms with Gasteiger partial charge in [-0.3, -0.25) is 9.69 Å². The molecule has 0 aliphatic carbocycles. The first-order chi connectivity index (χ1) is 12.2. The molecule has 7 heteroatoms. The summed E-state index contributed by atoms with van der Waals surface area (Å²) in [4.78, 5) is 25.3. The van der Waals surface area contributed by atoms with E-state index in [0.717, 1.165) is 30.9 Å². The van der Waals surface area contributed by atoms with Crippen LogP contribution in [-0.2, 0) is 13.0 Å². The second-order valence-corrected chi connectivity index (χ2v) is 6.26. The first-order valence-corrected chi connectivity index (χ1v) is 8.67. The Morgan fingerprint density at radius 2 is 2.16 bits per heavy atom. The molecule has 7 nitrogen and oxygen atoms in total. The zero-order valence-corrected chi connectivity index (χ0v) is 14.5. The van der Waals surface area contributed by atoms with Crippen molar-refractivity contribution in [2.45, 2.75) is 32.4 Å². The number of furan rings is 1. The van der Waals surface area contributed by atoms with Gasteiger partial charge in [0.15, 0.2) is 0 Å². The van der Waals surface area contributed by atoms with Crippen LogP contribution < -0.4 is 0 Å². The van der Waals surface area contributed by atoms with E-state index in [-0.39, 0.29) is 18.6 Å². The predicted molar refractivity (Wildman–Crippen MR) is 91.9 cm³/mol. The number of aliphatic hydroxyl groups excluding tert-OH is 1. The van der Waals surface area contributed by atoms with E-state index in [4.69, 9.17) is 4.42 Å². The number of rotatable bonds is 6. The largest absolute Gasteiger partial charge is 0.472 e. The number of aliphatic hydroxyl groups is 1. The minimum atomic E-state index is -0.0476. The maximum Gasteiger partial charge on any atom is 0.257 e. The smallest absolute Gasteiger partial charge is 0.257 e. The molecular formula is C18H24N4O3. The van der Waals surface area contributed by atoms with Crippen molar-refractivity contribution in [2.75, 3.05) is 26.2 Å². The topological polar surface area (TPSA) is 82.7 Å². The van der Waals surface area contributed by atoms with Gasteiger partial charge in [0.05, 0.1) is 18.1 Å². The molecule has 0 bridgehead atoms. The van der Waals surface area contributed by atoms with Gasteiger partial charge in [0.25, 0.3) is 5.91 Å². The predicted octanol–water partition coefficient (Wildman–Crippen LogP) is 1.34. The summed E-state index contributed by atoms with van der Waals surface area (Å²) < 4.78 is 5.13. The third kappa shape index (κ3) is 4.24. The normalized spacial score (nSPS) is 18.5. The molecule has 1 amide bonds. The van der Waals surface area contributed by atoms with Crippen molar-refractivity contribution in [3.8, 4) is 0 Å². The quantitative estimate of drug-likeness (QED) is 0.851. The molecule has 0 aromatic carbocycles. The molecule has 1 atom stereocenters. The van der Waals surface area contributed by atoms with Gasteiger partial charge in [-0.25, -0.2) is 9.97 Å². The van der Waals surface area contributed by atoms with Gasteiger partial charge in [-0.05, 0) is 12.5 Å². The van der Waals surface area contributed by atoms with Gasteiger partial charge in [-0.2, -0.15) is 0 Å². The molecule has 0 saturated carbocycles. The van der Waals surface area contributed by atoms with Gasteiger partial charge in [0, 0.05) is 63.2 Å². The standard InChI is InChI=1S/C18H24N4O3/c1-2-17-19-9-15(10-20-17)18(24)22-6-5-21(16(12-22)3-7-23)11-14-4-8-25-13-14/h4,8-10,13,16,23H,2-3,5-7,11-12H2,1H3. The Labute approximate surface area is 147 Å². The van der Waals surface area contributed by atoms with Crippen LogP contribution >= 0.6 is 0 Å².